The number of nitrogens with zero attached hydrogens (tertiary/aromatic N) is 1. The van der Waals surface area contributed by atoms with E-state index in [2.05, 4.69) is 0 Å². The fraction of sp³-hybridized carbons (Fsp3) is 0. The van der Waals surface area contributed by atoms with Crippen molar-refractivity contribution in [1.29, 1.82) is 0 Å². The highest BCUT2D eigenvalue weighted by Crippen LogP contribution is 2.39. The topological polar surface area (TPSA) is 3.24 Å². The van der Waals surface area contributed by atoms with E-state index >= 15 is 0 Å². The predicted molar refractivity (Wildman–Crippen MR) is 210 cm³/mol. The smallest absolute Gasteiger partial charge is 0.0651 e. The Morgan fingerprint density at radius 1 is 0.327 bits per heavy atom. The van der Waals surface area contributed by atoms with Gasteiger partial charge in [0.05, 0.1) is 16.4 Å². The number of benzene rings is 9. The highest BCUT2D eigenvalue weighted by Gasteiger charge is 2.15. The summed E-state index contributed by atoms with van der Waals surface area (Å²) in [4.78, 5) is 0.888. The van der Waals surface area contributed by atoms with E-state index in [4.69, 9.17) is 2.74 Å². The van der Waals surface area contributed by atoms with Crippen molar-refractivity contribution in [2.45, 2.75) is 0 Å². The van der Waals surface area contributed by atoms with Crippen LogP contribution in [0.4, 0.5) is 17.1 Å². The molecule has 0 aliphatic rings. The molecule has 9 aromatic rings. The normalized spacial score (nSPS) is 14.7. The van der Waals surface area contributed by atoms with Gasteiger partial charge in [0, 0.05) is 17.1 Å². The van der Waals surface area contributed by atoms with Crippen molar-refractivity contribution in [1.82, 2.24) is 0 Å². The highest BCUT2D eigenvalue weighted by atomic mass is 15.1. The first-order valence-electron chi connectivity index (χ1n) is 21.9. The van der Waals surface area contributed by atoms with Gasteiger partial charge < -0.3 is 4.90 Å². The van der Waals surface area contributed by atoms with E-state index in [1.165, 1.54) is 0 Å². The summed E-state index contributed by atoms with van der Waals surface area (Å²) in [5, 5.41) is 5.41. The highest BCUT2D eigenvalue weighted by molar-refractivity contribution is 6.08. The molecule has 49 heavy (non-hydrogen) atoms. The van der Waals surface area contributed by atoms with Gasteiger partial charge in [-0.15, -0.1) is 0 Å². The molecule has 1 heteroatoms. The molecule has 230 valence electrons. The van der Waals surface area contributed by atoms with E-state index in [1.54, 1.807) is 60.7 Å². The largest absolute Gasteiger partial charge is 0.310 e. The molecule has 0 saturated heterocycles. The summed E-state index contributed by atoms with van der Waals surface area (Å²) in [5.41, 5.74) is -0.639. The third kappa shape index (κ3) is 5.52. The van der Waals surface area contributed by atoms with E-state index in [-0.39, 0.29) is 16.7 Å². The van der Waals surface area contributed by atoms with Crippen LogP contribution in [-0.2, 0) is 0 Å². The van der Waals surface area contributed by atoms with Crippen molar-refractivity contribution in [3.8, 4) is 33.4 Å². The third-order valence-corrected chi connectivity index (χ3v) is 8.64. The molecule has 0 fully saturated rings. The van der Waals surface area contributed by atoms with Crippen LogP contribution in [0.1, 0.15) is 16.4 Å². The van der Waals surface area contributed by atoms with Crippen molar-refractivity contribution in [2.24, 2.45) is 0 Å². The third-order valence-electron chi connectivity index (χ3n) is 8.64. The zero-order valence-electron chi connectivity index (χ0n) is 38.1. The summed E-state index contributed by atoms with van der Waals surface area (Å²) < 4.78 is 112. The summed E-state index contributed by atoms with van der Waals surface area (Å²) in [6.45, 7) is 0. The molecule has 0 unspecified atom stereocenters. The standard InChI is InChI=1S/C48H33N/c1-2-9-34(10-3-1)36-21-26-44(27-22-36)49(46-15-8-14-40(33-46)42-19-17-35-11-4-5-13-39(35)31-42)45-28-23-37(24-29-45)41-25-30-48-43(32-41)20-18-38-12-6-7-16-47(38)48/h1-33H/i8D,14D,15D,21D,22D,23D,24D,26D,27D,28D,29D,33D. The van der Waals surface area contributed by atoms with E-state index in [0.29, 0.717) is 16.7 Å². The number of fused-ring (bicyclic) bond motifs is 4. The second-order valence-corrected chi connectivity index (χ2v) is 11.7. The Balaban J connectivity index is 1.35. The summed E-state index contributed by atoms with van der Waals surface area (Å²) in [6, 6.07) is 31.3. The maximum absolute atomic E-state index is 9.69. The fourth-order valence-electron chi connectivity index (χ4n) is 6.17. The molecule has 0 aliphatic carbocycles. The lowest BCUT2D eigenvalue weighted by atomic mass is 9.97. The van der Waals surface area contributed by atoms with E-state index < -0.39 is 89.6 Å². The quantitative estimate of drug-likeness (QED) is 0.164. The van der Waals surface area contributed by atoms with Gasteiger partial charge in [-0.1, -0.05) is 152 Å². The van der Waals surface area contributed by atoms with Gasteiger partial charge in [-0.3, -0.25) is 0 Å². The number of hydrogen-bond acceptors (Lipinski definition) is 1. The minimum absolute atomic E-state index is 0.0324. The van der Waals surface area contributed by atoms with Gasteiger partial charge >= 0.3 is 0 Å². The van der Waals surface area contributed by atoms with Crippen LogP contribution in [0, 0.1) is 0 Å². The van der Waals surface area contributed by atoms with Gasteiger partial charge in [0.15, 0.2) is 0 Å². The molecule has 9 aromatic carbocycles. The number of anilines is 3. The molecule has 0 spiro atoms. The zero-order valence-corrected chi connectivity index (χ0v) is 26.1. The molecule has 0 N–H and O–H groups in total. The molecule has 0 radical (unpaired) electrons. The lowest BCUT2D eigenvalue weighted by molar-refractivity contribution is 1.28. The Morgan fingerprint density at radius 2 is 0.878 bits per heavy atom. The van der Waals surface area contributed by atoms with Gasteiger partial charge in [-0.05, 0) is 114 Å². The Morgan fingerprint density at radius 3 is 1.65 bits per heavy atom. The molecule has 0 aromatic heterocycles. The Kier molecular flexibility index (Phi) is 4.71. The van der Waals surface area contributed by atoms with Crippen molar-refractivity contribution in [2.75, 3.05) is 4.90 Å². The first kappa shape index (κ1) is 18.8. The van der Waals surface area contributed by atoms with Crippen molar-refractivity contribution in [3.05, 3.63) is 200 Å². The van der Waals surface area contributed by atoms with Crippen LogP contribution in [0.3, 0.4) is 0 Å². The van der Waals surface area contributed by atoms with Crippen molar-refractivity contribution >= 4 is 49.4 Å². The molecule has 0 heterocycles. The first-order chi connectivity index (χ1) is 29.3. The fourth-order valence-corrected chi connectivity index (χ4v) is 6.17. The monoisotopic (exact) mass is 635 g/mol. The lowest BCUT2D eigenvalue weighted by Crippen LogP contribution is -2.10. The predicted octanol–water partition coefficient (Wildman–Crippen LogP) is 13.6. The summed E-state index contributed by atoms with van der Waals surface area (Å²) in [5.74, 6) is 0. The van der Waals surface area contributed by atoms with Crippen LogP contribution in [0.15, 0.2) is 200 Å². The number of hydrogen-bond donors (Lipinski definition) is 0. The average Bonchev–Trinajstić information content (AvgIpc) is 3.27. The second kappa shape index (κ2) is 12.3. The number of rotatable bonds is 6. The van der Waals surface area contributed by atoms with Crippen molar-refractivity contribution in [3.63, 3.8) is 0 Å². The molecular weight excluding hydrogens is 591 g/mol. The summed E-state index contributed by atoms with van der Waals surface area (Å²) in [7, 11) is 0. The summed E-state index contributed by atoms with van der Waals surface area (Å²) >= 11 is 0. The molecule has 1 nitrogen and oxygen atoms in total. The van der Waals surface area contributed by atoms with Gasteiger partial charge in [-0.2, -0.15) is 0 Å². The van der Waals surface area contributed by atoms with E-state index in [0.717, 1.165) is 37.2 Å². The van der Waals surface area contributed by atoms with Gasteiger partial charge in [0.25, 0.3) is 0 Å². The minimum Gasteiger partial charge on any atom is -0.310 e. The van der Waals surface area contributed by atoms with Crippen molar-refractivity contribution < 1.29 is 16.4 Å². The molecule has 0 amide bonds. The van der Waals surface area contributed by atoms with Gasteiger partial charge in [0.1, 0.15) is 0 Å². The average molecular weight is 636 g/mol. The van der Waals surface area contributed by atoms with Gasteiger partial charge in [0.2, 0.25) is 0 Å². The maximum Gasteiger partial charge on any atom is 0.0651 e. The Hall–Kier alpha value is -6.44. The van der Waals surface area contributed by atoms with Crippen LogP contribution in [0.5, 0.6) is 0 Å². The van der Waals surface area contributed by atoms with E-state index in [9.17, 15) is 13.7 Å². The molecular formula is C48H33N. The van der Waals surface area contributed by atoms with Crippen LogP contribution >= 0.6 is 0 Å². The summed E-state index contributed by atoms with van der Waals surface area (Å²) in [6.07, 6.45) is 0. The molecule has 0 aliphatic heterocycles. The van der Waals surface area contributed by atoms with Crippen LogP contribution in [0.2, 0.25) is 0 Å². The lowest BCUT2D eigenvalue weighted by Gasteiger charge is -2.26. The molecule has 9 rings (SSSR count). The molecule has 0 saturated carbocycles. The Labute approximate surface area is 303 Å². The van der Waals surface area contributed by atoms with E-state index in [1.807, 2.05) is 66.7 Å². The first-order valence-corrected chi connectivity index (χ1v) is 15.9. The second-order valence-electron chi connectivity index (χ2n) is 11.7. The SMILES string of the molecule is [2H]c1c([2H])c(-c2ccc3ccccc3c2)c([2H])c(N(c2c([2H])c([2H])c(-c3ccccc3)c([2H])c2[2H])c2c([2H])c([2H])c(-c3ccc4c(ccc5ccccc54)c3)c([2H])c2[2H])c1[2H]. The van der Waals surface area contributed by atoms with Crippen LogP contribution < -0.4 is 4.90 Å². The van der Waals surface area contributed by atoms with Crippen LogP contribution in [-0.4, -0.2) is 0 Å². The Bertz CT molecular complexity index is 3240. The molecule has 0 bridgehead atoms. The van der Waals surface area contributed by atoms with Crippen LogP contribution in [0.25, 0.3) is 65.7 Å². The maximum atomic E-state index is 9.69. The minimum atomic E-state index is -0.716. The van der Waals surface area contributed by atoms with Gasteiger partial charge in [-0.25, -0.2) is 0 Å². The zero-order chi connectivity index (χ0) is 43.0. The molecule has 0 atom stereocenters.